The third-order valence-electron chi connectivity index (χ3n) is 4.54. The molecule has 0 radical (unpaired) electrons. The van der Waals surface area contributed by atoms with Crippen LogP contribution >= 0.6 is 11.8 Å². The first-order chi connectivity index (χ1) is 8.65. The van der Waals surface area contributed by atoms with Gasteiger partial charge in [0, 0.05) is 28.7 Å². The van der Waals surface area contributed by atoms with Crippen LogP contribution in [0.25, 0.3) is 0 Å². The van der Waals surface area contributed by atoms with Crippen molar-refractivity contribution in [3.8, 4) is 0 Å². The summed E-state index contributed by atoms with van der Waals surface area (Å²) >= 11 is 1.98. The van der Waals surface area contributed by atoms with Crippen LogP contribution in [0.5, 0.6) is 0 Å². The first-order valence-corrected chi connectivity index (χ1v) is 8.29. The minimum Gasteiger partial charge on any atom is -0.388 e. The number of nitrogens with zero attached hydrogens (tertiary/aromatic N) is 1. The van der Waals surface area contributed by atoms with Crippen LogP contribution in [0, 0.1) is 0 Å². The van der Waals surface area contributed by atoms with Gasteiger partial charge in [-0.25, -0.2) is 0 Å². The van der Waals surface area contributed by atoms with Gasteiger partial charge in [0.1, 0.15) is 0 Å². The van der Waals surface area contributed by atoms with Crippen LogP contribution in [0.4, 0.5) is 0 Å². The topological polar surface area (TPSA) is 25.2 Å². The lowest BCUT2D eigenvalue weighted by molar-refractivity contribution is 0.155. The van der Waals surface area contributed by atoms with E-state index >= 15 is 0 Å². The lowest BCUT2D eigenvalue weighted by Gasteiger charge is -2.32. The Hall–Kier alpha value is -0.410. The molecule has 0 fully saturated rings. The summed E-state index contributed by atoms with van der Waals surface area (Å²) in [5, 5.41) is 10.0. The van der Waals surface area contributed by atoms with Gasteiger partial charge in [-0.05, 0) is 44.4 Å². The fraction of sp³-hybridized carbons (Fsp3) is 0.733. The van der Waals surface area contributed by atoms with Crippen LogP contribution in [-0.2, 0) is 13.0 Å². The molecule has 0 spiro atoms. The maximum Gasteiger partial charge on any atom is 0.0807 e. The average molecular weight is 267 g/mol. The Labute approximate surface area is 115 Å². The summed E-state index contributed by atoms with van der Waals surface area (Å²) in [6.07, 6.45) is 9.71. The summed E-state index contributed by atoms with van der Waals surface area (Å²) < 4.78 is 2.73. The van der Waals surface area contributed by atoms with E-state index in [1.54, 1.807) is 0 Å². The van der Waals surface area contributed by atoms with Gasteiger partial charge in [-0.3, -0.25) is 0 Å². The average Bonchev–Trinajstić information content (AvgIpc) is 2.81. The lowest BCUT2D eigenvalue weighted by atomic mass is 9.95. The largest absolute Gasteiger partial charge is 0.388 e. The predicted octanol–water partition coefficient (Wildman–Crippen LogP) is 3.78. The van der Waals surface area contributed by atoms with E-state index in [2.05, 4.69) is 36.9 Å². The van der Waals surface area contributed by atoms with Crippen molar-refractivity contribution in [2.45, 2.75) is 63.3 Å². The number of aromatic nitrogens is 1. The highest BCUT2D eigenvalue weighted by molar-refractivity contribution is 8.00. The summed E-state index contributed by atoms with van der Waals surface area (Å²) in [5.41, 5.74) is 2.54. The summed E-state index contributed by atoms with van der Waals surface area (Å²) in [5.74, 6) is 0. The molecule has 1 aromatic heterocycles. The molecule has 1 aliphatic carbocycles. The second-order valence-electron chi connectivity index (χ2n) is 5.35. The third-order valence-corrected chi connectivity index (χ3v) is 6.12. The minimum absolute atomic E-state index is 0.234. The Kier molecular flexibility index (Phi) is 4.44. The predicted molar refractivity (Wildman–Crippen MR) is 79.2 cm³/mol. The summed E-state index contributed by atoms with van der Waals surface area (Å²) in [7, 11) is 0. The maximum atomic E-state index is 10.0. The molecule has 0 aliphatic heterocycles. The molecule has 2 nitrogen and oxygen atoms in total. The van der Waals surface area contributed by atoms with E-state index in [1.165, 1.54) is 24.1 Å². The Morgan fingerprint density at radius 3 is 2.78 bits per heavy atom. The van der Waals surface area contributed by atoms with Gasteiger partial charge in [0.15, 0.2) is 0 Å². The number of aliphatic hydroxyl groups is 1. The van der Waals surface area contributed by atoms with Gasteiger partial charge in [0.25, 0.3) is 0 Å². The molecule has 1 atom stereocenters. The molecule has 102 valence electrons. The number of aliphatic hydroxyl groups excluding tert-OH is 1. The van der Waals surface area contributed by atoms with Crippen LogP contribution in [0.3, 0.4) is 0 Å². The normalized spacial score (nSPS) is 19.9. The van der Waals surface area contributed by atoms with Crippen molar-refractivity contribution in [2.24, 2.45) is 0 Å². The van der Waals surface area contributed by atoms with Crippen LogP contribution < -0.4 is 0 Å². The zero-order valence-electron chi connectivity index (χ0n) is 11.8. The third kappa shape index (κ3) is 2.48. The Balaban J connectivity index is 2.24. The lowest BCUT2D eigenvalue weighted by Crippen LogP contribution is -2.30. The molecule has 0 saturated heterocycles. The van der Waals surface area contributed by atoms with Crippen LogP contribution in [0.1, 0.15) is 56.9 Å². The highest BCUT2D eigenvalue weighted by Crippen LogP contribution is 2.36. The van der Waals surface area contributed by atoms with Gasteiger partial charge < -0.3 is 9.67 Å². The van der Waals surface area contributed by atoms with Gasteiger partial charge >= 0.3 is 0 Å². The van der Waals surface area contributed by atoms with Crippen molar-refractivity contribution in [3.63, 3.8) is 0 Å². The Morgan fingerprint density at radius 1 is 1.44 bits per heavy atom. The molecular formula is C15H25NOS. The van der Waals surface area contributed by atoms with E-state index in [0.29, 0.717) is 4.75 Å². The first-order valence-electron chi connectivity index (χ1n) is 7.07. The quantitative estimate of drug-likeness (QED) is 0.878. The fourth-order valence-corrected chi connectivity index (χ4v) is 3.86. The zero-order valence-corrected chi connectivity index (χ0v) is 12.6. The van der Waals surface area contributed by atoms with Crippen molar-refractivity contribution in [3.05, 3.63) is 23.5 Å². The molecule has 1 unspecified atom stereocenters. The summed E-state index contributed by atoms with van der Waals surface area (Å²) in [6.45, 7) is 5.64. The minimum atomic E-state index is -0.234. The van der Waals surface area contributed by atoms with Crippen molar-refractivity contribution in [1.82, 2.24) is 4.57 Å². The Bertz CT molecular complexity index is 387. The second kappa shape index (κ2) is 5.70. The molecule has 0 amide bonds. The maximum absolute atomic E-state index is 10.0. The number of rotatable bonds is 5. The molecule has 0 saturated carbocycles. The number of fused-ring (bicyclic) bond motifs is 1. The van der Waals surface area contributed by atoms with Crippen LogP contribution in [-0.4, -0.2) is 20.7 Å². The molecule has 1 N–H and O–H groups in total. The van der Waals surface area contributed by atoms with Gasteiger partial charge in [-0.15, -0.1) is 0 Å². The molecule has 3 heteroatoms. The van der Waals surface area contributed by atoms with Gasteiger partial charge in [0.05, 0.1) is 6.10 Å². The van der Waals surface area contributed by atoms with E-state index in [0.717, 1.165) is 25.8 Å². The van der Waals surface area contributed by atoms with Crippen molar-refractivity contribution >= 4 is 11.8 Å². The molecular weight excluding hydrogens is 242 g/mol. The fourth-order valence-electron chi connectivity index (χ4n) is 3.02. The monoisotopic (exact) mass is 267 g/mol. The van der Waals surface area contributed by atoms with Crippen molar-refractivity contribution < 1.29 is 5.11 Å². The molecule has 1 aliphatic rings. The van der Waals surface area contributed by atoms with Crippen LogP contribution in [0.2, 0.25) is 0 Å². The van der Waals surface area contributed by atoms with Gasteiger partial charge in [-0.2, -0.15) is 11.8 Å². The second-order valence-corrected chi connectivity index (χ2v) is 6.62. The highest BCUT2D eigenvalue weighted by Gasteiger charge is 2.28. The van der Waals surface area contributed by atoms with Gasteiger partial charge in [-0.1, -0.05) is 13.8 Å². The molecule has 0 bridgehead atoms. The standard InChI is InChI=1S/C15H25NOS/c1-4-15(5-2,18-3)11-16-10-9-12-13(16)7-6-8-14(12)17/h9-10,14,17H,4-8,11H2,1-3H3. The zero-order chi connectivity index (χ0) is 13.2. The van der Waals surface area contributed by atoms with Crippen molar-refractivity contribution in [1.29, 1.82) is 0 Å². The van der Waals surface area contributed by atoms with E-state index in [1.807, 2.05) is 11.8 Å². The van der Waals surface area contributed by atoms with E-state index in [4.69, 9.17) is 0 Å². The highest BCUT2D eigenvalue weighted by atomic mass is 32.2. The summed E-state index contributed by atoms with van der Waals surface area (Å²) in [6, 6.07) is 2.12. The molecule has 0 aromatic carbocycles. The van der Waals surface area contributed by atoms with Gasteiger partial charge in [0.2, 0.25) is 0 Å². The molecule has 18 heavy (non-hydrogen) atoms. The van der Waals surface area contributed by atoms with Crippen LogP contribution in [0.15, 0.2) is 12.3 Å². The van der Waals surface area contributed by atoms with Crippen molar-refractivity contribution in [2.75, 3.05) is 6.26 Å². The SMILES string of the molecule is CCC(CC)(Cn1ccc2c1CCCC2O)SC. The molecule has 1 heterocycles. The Morgan fingerprint density at radius 2 is 2.17 bits per heavy atom. The number of hydrogen-bond donors (Lipinski definition) is 1. The summed E-state index contributed by atoms with van der Waals surface area (Å²) in [4.78, 5) is 0. The number of hydrogen-bond acceptors (Lipinski definition) is 2. The first kappa shape index (κ1) is 14.0. The smallest absolute Gasteiger partial charge is 0.0807 e. The molecule has 1 aromatic rings. The number of thioether (sulfide) groups is 1. The van der Waals surface area contributed by atoms with E-state index in [9.17, 15) is 5.11 Å². The van der Waals surface area contributed by atoms with E-state index in [-0.39, 0.29) is 6.10 Å². The van der Waals surface area contributed by atoms with E-state index < -0.39 is 0 Å². The molecule has 2 rings (SSSR count).